The maximum Gasteiger partial charge on any atom is 0.183 e. The van der Waals surface area contributed by atoms with E-state index in [1.165, 1.54) is 0 Å². The van der Waals surface area contributed by atoms with Crippen LogP contribution in [0.2, 0.25) is 0 Å². The normalized spacial score (nSPS) is 10.4. The molecule has 0 saturated carbocycles. The van der Waals surface area contributed by atoms with Gasteiger partial charge in [-0.2, -0.15) is 0 Å². The van der Waals surface area contributed by atoms with Crippen LogP contribution in [0.5, 0.6) is 11.5 Å². The molecule has 0 aromatic carbocycles. The van der Waals surface area contributed by atoms with Crippen molar-refractivity contribution in [3.63, 3.8) is 0 Å². The van der Waals surface area contributed by atoms with Crippen LogP contribution < -0.4 is 14.8 Å². The van der Waals surface area contributed by atoms with Crippen molar-refractivity contribution in [2.75, 3.05) is 40.6 Å². The number of ether oxygens (including phenoxy) is 3. The van der Waals surface area contributed by atoms with Gasteiger partial charge in [0, 0.05) is 25.4 Å². The number of aliphatic hydroxyl groups is 1. The fraction of sp³-hybridized carbons (Fsp3) is 0.583. The molecule has 1 aromatic rings. The Morgan fingerprint density at radius 1 is 1.28 bits per heavy atom. The highest BCUT2D eigenvalue weighted by Gasteiger charge is 2.09. The van der Waals surface area contributed by atoms with Crippen LogP contribution in [0.3, 0.4) is 0 Å². The summed E-state index contributed by atoms with van der Waals surface area (Å²) in [5.41, 5.74) is 0.791. The summed E-state index contributed by atoms with van der Waals surface area (Å²) >= 11 is 0. The minimum Gasteiger partial charge on any atom is -0.493 e. The molecule has 6 nitrogen and oxygen atoms in total. The van der Waals surface area contributed by atoms with Gasteiger partial charge in [-0.15, -0.1) is 0 Å². The first-order valence-electron chi connectivity index (χ1n) is 5.78. The zero-order chi connectivity index (χ0) is 13.2. The van der Waals surface area contributed by atoms with E-state index in [-0.39, 0.29) is 6.61 Å². The predicted octanol–water partition coefficient (Wildman–Crippen LogP) is 0.197. The molecule has 0 amide bonds. The molecule has 1 heterocycles. The van der Waals surface area contributed by atoms with Crippen LogP contribution in [0.1, 0.15) is 5.69 Å². The Morgan fingerprint density at radius 3 is 2.78 bits per heavy atom. The zero-order valence-electron chi connectivity index (χ0n) is 10.8. The van der Waals surface area contributed by atoms with E-state index in [9.17, 15) is 0 Å². The molecule has 6 heteroatoms. The molecule has 102 valence electrons. The Kier molecular flexibility index (Phi) is 7.09. The van der Waals surface area contributed by atoms with Crippen LogP contribution in [-0.2, 0) is 11.3 Å². The third kappa shape index (κ3) is 4.48. The summed E-state index contributed by atoms with van der Waals surface area (Å²) in [5, 5.41) is 11.7. The molecule has 0 unspecified atom stereocenters. The first kappa shape index (κ1) is 14.7. The van der Waals surface area contributed by atoms with E-state index in [2.05, 4.69) is 10.3 Å². The topological polar surface area (TPSA) is 72.8 Å². The molecule has 1 rings (SSSR count). The Hall–Kier alpha value is -1.37. The lowest BCUT2D eigenvalue weighted by Crippen LogP contribution is -2.21. The van der Waals surface area contributed by atoms with Gasteiger partial charge >= 0.3 is 0 Å². The highest BCUT2D eigenvalue weighted by molar-refractivity contribution is 5.42. The standard InChI is InChI=1S/C12H20N2O4/c1-16-11-3-4-14-10(12(11)17-2)9-13-5-7-18-8-6-15/h3-4,13,15H,5-9H2,1-2H3. The summed E-state index contributed by atoms with van der Waals surface area (Å²) in [6.45, 7) is 2.21. The molecule has 0 atom stereocenters. The maximum atomic E-state index is 8.54. The summed E-state index contributed by atoms with van der Waals surface area (Å²) < 4.78 is 15.6. The van der Waals surface area contributed by atoms with Crippen molar-refractivity contribution in [1.82, 2.24) is 10.3 Å². The summed E-state index contributed by atoms with van der Waals surface area (Å²) in [6.07, 6.45) is 1.68. The smallest absolute Gasteiger partial charge is 0.183 e. The van der Waals surface area contributed by atoms with Crippen LogP contribution in [0.4, 0.5) is 0 Å². The maximum absolute atomic E-state index is 8.54. The Bertz CT molecular complexity index is 347. The Morgan fingerprint density at radius 2 is 2.11 bits per heavy atom. The molecule has 0 aliphatic carbocycles. The second-order valence-corrected chi connectivity index (χ2v) is 3.51. The van der Waals surface area contributed by atoms with Crippen LogP contribution in [0.25, 0.3) is 0 Å². The van der Waals surface area contributed by atoms with Crippen molar-refractivity contribution < 1.29 is 19.3 Å². The van der Waals surface area contributed by atoms with Crippen molar-refractivity contribution in [1.29, 1.82) is 0 Å². The average molecular weight is 256 g/mol. The van der Waals surface area contributed by atoms with E-state index in [1.54, 1.807) is 26.5 Å². The second-order valence-electron chi connectivity index (χ2n) is 3.51. The lowest BCUT2D eigenvalue weighted by atomic mass is 10.3. The third-order valence-electron chi connectivity index (χ3n) is 2.32. The van der Waals surface area contributed by atoms with Gasteiger partial charge < -0.3 is 24.6 Å². The Labute approximate surface area is 107 Å². The van der Waals surface area contributed by atoms with Crippen LogP contribution in [0.15, 0.2) is 12.3 Å². The molecule has 1 aromatic heterocycles. The molecular formula is C12H20N2O4. The lowest BCUT2D eigenvalue weighted by molar-refractivity contribution is 0.0937. The number of aromatic nitrogens is 1. The highest BCUT2D eigenvalue weighted by atomic mass is 16.5. The number of pyridine rings is 1. The number of hydrogen-bond acceptors (Lipinski definition) is 6. The second kappa shape index (κ2) is 8.68. The molecule has 0 bridgehead atoms. The molecule has 0 fully saturated rings. The third-order valence-corrected chi connectivity index (χ3v) is 2.32. The Balaban J connectivity index is 2.41. The fourth-order valence-electron chi connectivity index (χ4n) is 1.49. The quantitative estimate of drug-likeness (QED) is 0.615. The molecule has 0 spiro atoms. The fourth-order valence-corrected chi connectivity index (χ4v) is 1.49. The lowest BCUT2D eigenvalue weighted by Gasteiger charge is -2.12. The molecule has 2 N–H and O–H groups in total. The van der Waals surface area contributed by atoms with Crippen molar-refractivity contribution in [2.24, 2.45) is 0 Å². The highest BCUT2D eigenvalue weighted by Crippen LogP contribution is 2.28. The summed E-state index contributed by atoms with van der Waals surface area (Å²) in [4.78, 5) is 4.24. The molecule has 0 radical (unpaired) electrons. The van der Waals surface area contributed by atoms with Crippen molar-refractivity contribution in [3.05, 3.63) is 18.0 Å². The monoisotopic (exact) mass is 256 g/mol. The van der Waals surface area contributed by atoms with Crippen molar-refractivity contribution in [3.8, 4) is 11.5 Å². The minimum atomic E-state index is 0.0469. The summed E-state index contributed by atoms with van der Waals surface area (Å²) in [6, 6.07) is 1.76. The molecule has 0 aliphatic heterocycles. The summed E-state index contributed by atoms with van der Waals surface area (Å²) in [7, 11) is 3.19. The first-order chi connectivity index (χ1) is 8.83. The van der Waals surface area contributed by atoms with E-state index < -0.39 is 0 Å². The van der Waals surface area contributed by atoms with Crippen LogP contribution in [0, 0.1) is 0 Å². The van der Waals surface area contributed by atoms with Gasteiger partial charge in [0.15, 0.2) is 11.5 Å². The van der Waals surface area contributed by atoms with Gasteiger partial charge in [-0.25, -0.2) is 0 Å². The number of rotatable bonds is 9. The van der Waals surface area contributed by atoms with E-state index in [4.69, 9.17) is 19.3 Å². The van der Waals surface area contributed by atoms with Gasteiger partial charge in [-0.3, -0.25) is 4.98 Å². The van der Waals surface area contributed by atoms with Crippen LogP contribution in [-0.4, -0.2) is 50.7 Å². The number of nitrogens with zero attached hydrogens (tertiary/aromatic N) is 1. The van der Waals surface area contributed by atoms with E-state index in [0.717, 1.165) is 5.69 Å². The van der Waals surface area contributed by atoms with Crippen LogP contribution >= 0.6 is 0 Å². The molecule has 18 heavy (non-hydrogen) atoms. The van der Waals surface area contributed by atoms with Gasteiger partial charge in [0.25, 0.3) is 0 Å². The number of hydrogen-bond donors (Lipinski definition) is 2. The molecule has 0 aliphatic rings. The average Bonchev–Trinajstić information content (AvgIpc) is 2.42. The number of nitrogens with one attached hydrogen (secondary N) is 1. The number of methoxy groups -OCH3 is 2. The van der Waals surface area contributed by atoms with Gasteiger partial charge in [-0.1, -0.05) is 0 Å². The SMILES string of the molecule is COc1ccnc(CNCCOCCO)c1OC. The van der Waals surface area contributed by atoms with Gasteiger partial charge in [0.2, 0.25) is 0 Å². The molecular weight excluding hydrogens is 236 g/mol. The molecule has 0 saturated heterocycles. The van der Waals surface area contributed by atoms with Gasteiger partial charge in [0.1, 0.15) is 0 Å². The van der Waals surface area contributed by atoms with Gasteiger partial charge in [-0.05, 0) is 0 Å². The first-order valence-corrected chi connectivity index (χ1v) is 5.78. The van der Waals surface area contributed by atoms with Crippen molar-refractivity contribution >= 4 is 0 Å². The van der Waals surface area contributed by atoms with Crippen molar-refractivity contribution in [2.45, 2.75) is 6.54 Å². The summed E-state index contributed by atoms with van der Waals surface area (Å²) in [5.74, 6) is 1.31. The van der Waals surface area contributed by atoms with E-state index in [1.807, 2.05) is 0 Å². The largest absolute Gasteiger partial charge is 0.493 e. The minimum absolute atomic E-state index is 0.0469. The predicted molar refractivity (Wildman–Crippen MR) is 67.0 cm³/mol. The van der Waals surface area contributed by atoms with E-state index >= 15 is 0 Å². The van der Waals surface area contributed by atoms with E-state index in [0.29, 0.717) is 37.8 Å². The number of aliphatic hydroxyl groups excluding tert-OH is 1. The van der Waals surface area contributed by atoms with Gasteiger partial charge in [0.05, 0.1) is 39.7 Å². The zero-order valence-corrected chi connectivity index (χ0v) is 10.8.